The molecule has 33 heavy (non-hydrogen) atoms. The molecule has 1 aliphatic heterocycles. The lowest BCUT2D eigenvalue weighted by atomic mass is 10.1. The van der Waals surface area contributed by atoms with Crippen molar-refractivity contribution in [1.82, 2.24) is 14.5 Å². The molecular formula is C25H23N3O3S2. The minimum atomic E-state index is -0.492. The highest BCUT2D eigenvalue weighted by Gasteiger charge is 2.30. The van der Waals surface area contributed by atoms with Crippen molar-refractivity contribution in [1.29, 1.82) is 0 Å². The molecular weight excluding hydrogens is 454 g/mol. The Labute approximate surface area is 199 Å². The van der Waals surface area contributed by atoms with Crippen LogP contribution in [0.4, 0.5) is 0 Å². The fraction of sp³-hybridized carbons (Fsp3) is 0.240. The van der Waals surface area contributed by atoms with Crippen LogP contribution in [0.25, 0.3) is 20.7 Å². The maximum absolute atomic E-state index is 13.5. The molecule has 6 nitrogen and oxygen atoms in total. The average Bonchev–Trinajstić information content (AvgIpc) is 3.31. The lowest BCUT2D eigenvalue weighted by Gasteiger charge is -2.30. The number of carbonyl (C=O) groups is 1. The van der Waals surface area contributed by atoms with Gasteiger partial charge >= 0.3 is 0 Å². The fourth-order valence-electron chi connectivity index (χ4n) is 3.84. The molecule has 0 bridgehead atoms. The van der Waals surface area contributed by atoms with Gasteiger partial charge in [0.2, 0.25) is 5.91 Å². The summed E-state index contributed by atoms with van der Waals surface area (Å²) in [6.07, 6.45) is 0. The number of nitrogens with zero attached hydrogens (tertiary/aromatic N) is 3. The van der Waals surface area contributed by atoms with Crippen LogP contribution in [0.5, 0.6) is 0 Å². The third-order valence-electron chi connectivity index (χ3n) is 5.66. The Morgan fingerprint density at radius 3 is 2.42 bits per heavy atom. The monoisotopic (exact) mass is 477 g/mol. The Bertz CT molecular complexity index is 1330. The van der Waals surface area contributed by atoms with Crippen LogP contribution < -0.4 is 5.56 Å². The molecule has 1 aliphatic rings. The first-order chi connectivity index (χ1) is 16.1. The van der Waals surface area contributed by atoms with E-state index in [-0.39, 0.29) is 11.5 Å². The highest BCUT2D eigenvalue weighted by molar-refractivity contribution is 8.00. The van der Waals surface area contributed by atoms with Crippen LogP contribution in [0.3, 0.4) is 0 Å². The zero-order valence-corrected chi connectivity index (χ0v) is 19.8. The van der Waals surface area contributed by atoms with Gasteiger partial charge in [-0.2, -0.15) is 0 Å². The highest BCUT2D eigenvalue weighted by atomic mass is 32.2. The third kappa shape index (κ3) is 4.46. The molecule has 1 unspecified atom stereocenters. The number of aromatic nitrogens is 2. The number of morpholine rings is 1. The van der Waals surface area contributed by atoms with Crippen LogP contribution in [0.2, 0.25) is 0 Å². The number of rotatable bonds is 5. The lowest BCUT2D eigenvalue weighted by Crippen LogP contribution is -2.42. The van der Waals surface area contributed by atoms with Gasteiger partial charge in [-0.3, -0.25) is 14.2 Å². The molecule has 0 saturated carbocycles. The van der Waals surface area contributed by atoms with Crippen LogP contribution in [0.15, 0.2) is 76.7 Å². The summed E-state index contributed by atoms with van der Waals surface area (Å²) in [6.45, 7) is 2.22. The van der Waals surface area contributed by atoms with Crippen molar-refractivity contribution in [3.8, 4) is 10.4 Å². The molecule has 1 atom stereocenters. The summed E-state index contributed by atoms with van der Waals surface area (Å²) in [5.74, 6) is 0.0139. The molecule has 0 aliphatic carbocycles. The van der Waals surface area contributed by atoms with E-state index in [0.29, 0.717) is 41.7 Å². The van der Waals surface area contributed by atoms with Gasteiger partial charge in [-0.15, -0.1) is 11.3 Å². The van der Waals surface area contributed by atoms with Gasteiger partial charge in [-0.05, 0) is 17.2 Å². The Hall–Kier alpha value is -2.94. The van der Waals surface area contributed by atoms with Gasteiger partial charge in [0.05, 0.1) is 18.6 Å². The molecule has 5 rings (SSSR count). The molecule has 1 saturated heterocycles. The maximum Gasteiger partial charge on any atom is 0.262 e. The molecule has 0 N–H and O–H groups in total. The van der Waals surface area contributed by atoms with Crippen LogP contribution >= 0.6 is 23.1 Å². The average molecular weight is 478 g/mol. The molecule has 8 heteroatoms. The van der Waals surface area contributed by atoms with Crippen molar-refractivity contribution in [3.63, 3.8) is 0 Å². The van der Waals surface area contributed by atoms with Crippen LogP contribution in [-0.4, -0.2) is 46.7 Å². The van der Waals surface area contributed by atoms with E-state index in [1.165, 1.54) is 23.1 Å². The van der Waals surface area contributed by atoms with E-state index < -0.39 is 5.25 Å². The number of hydrogen-bond acceptors (Lipinski definition) is 6. The van der Waals surface area contributed by atoms with E-state index in [4.69, 9.17) is 9.72 Å². The summed E-state index contributed by atoms with van der Waals surface area (Å²) >= 11 is 2.83. The second-order valence-electron chi connectivity index (χ2n) is 7.80. The summed E-state index contributed by atoms with van der Waals surface area (Å²) in [5, 5.41) is 0.638. The van der Waals surface area contributed by atoms with E-state index in [9.17, 15) is 9.59 Å². The highest BCUT2D eigenvalue weighted by Crippen LogP contribution is 2.37. The van der Waals surface area contributed by atoms with E-state index in [1.54, 1.807) is 11.6 Å². The zero-order chi connectivity index (χ0) is 22.8. The summed E-state index contributed by atoms with van der Waals surface area (Å²) in [5.41, 5.74) is 1.84. The van der Waals surface area contributed by atoms with Gasteiger partial charge < -0.3 is 9.64 Å². The number of amides is 1. The molecule has 0 spiro atoms. The quantitative estimate of drug-likeness (QED) is 0.316. The molecule has 2 aromatic heterocycles. The Morgan fingerprint density at radius 1 is 1.06 bits per heavy atom. The molecule has 0 radical (unpaired) electrons. The second-order valence-corrected chi connectivity index (χ2v) is 9.90. The van der Waals surface area contributed by atoms with Crippen molar-refractivity contribution >= 4 is 39.2 Å². The molecule has 1 fully saturated rings. The van der Waals surface area contributed by atoms with Crippen LogP contribution in [0, 0.1) is 0 Å². The van der Waals surface area contributed by atoms with E-state index in [2.05, 4.69) is 0 Å². The molecule has 3 heterocycles. The van der Waals surface area contributed by atoms with Gasteiger partial charge in [-0.1, -0.05) is 72.4 Å². The number of carbonyl (C=O) groups excluding carboxylic acids is 1. The van der Waals surface area contributed by atoms with Gasteiger partial charge in [-0.25, -0.2) is 4.98 Å². The first kappa shape index (κ1) is 21.9. The molecule has 2 aromatic carbocycles. The fourth-order valence-corrected chi connectivity index (χ4v) is 6.07. The minimum absolute atomic E-state index is 0.0139. The minimum Gasteiger partial charge on any atom is -0.378 e. The van der Waals surface area contributed by atoms with E-state index in [0.717, 1.165) is 16.0 Å². The maximum atomic E-state index is 13.5. The third-order valence-corrected chi connectivity index (χ3v) is 8.03. The lowest BCUT2D eigenvalue weighted by molar-refractivity contribution is -0.134. The predicted molar refractivity (Wildman–Crippen MR) is 133 cm³/mol. The molecule has 4 aromatic rings. The second kappa shape index (κ2) is 9.51. The van der Waals surface area contributed by atoms with E-state index >= 15 is 0 Å². The summed E-state index contributed by atoms with van der Waals surface area (Å²) in [7, 11) is 1.72. The summed E-state index contributed by atoms with van der Waals surface area (Å²) in [6, 6.07) is 21.6. The Balaban J connectivity index is 1.54. The van der Waals surface area contributed by atoms with Gasteiger partial charge in [0.25, 0.3) is 5.56 Å². The van der Waals surface area contributed by atoms with Gasteiger partial charge in [0, 0.05) is 25.0 Å². The number of ether oxygens (including phenoxy) is 1. The van der Waals surface area contributed by atoms with Crippen LogP contribution in [-0.2, 0) is 16.6 Å². The normalized spacial score (nSPS) is 15.0. The van der Waals surface area contributed by atoms with Crippen LogP contribution in [0.1, 0.15) is 10.8 Å². The zero-order valence-electron chi connectivity index (χ0n) is 18.1. The Kier molecular flexibility index (Phi) is 6.30. The van der Waals surface area contributed by atoms with Crippen molar-refractivity contribution < 1.29 is 9.53 Å². The van der Waals surface area contributed by atoms with Crippen molar-refractivity contribution in [2.24, 2.45) is 7.05 Å². The summed E-state index contributed by atoms with van der Waals surface area (Å²) in [4.78, 5) is 35.0. The SMILES string of the molecule is Cn1c(SC(C(=O)N2CCOCC2)c2ccccc2)nc2sc(-c3ccccc3)cc2c1=O. The van der Waals surface area contributed by atoms with Crippen molar-refractivity contribution in [2.75, 3.05) is 26.3 Å². The smallest absolute Gasteiger partial charge is 0.262 e. The predicted octanol–water partition coefficient (Wildman–Crippen LogP) is 4.35. The molecule has 1 amide bonds. The number of fused-ring (bicyclic) bond motifs is 1. The van der Waals surface area contributed by atoms with Gasteiger partial charge in [0.15, 0.2) is 5.16 Å². The Morgan fingerprint density at radius 2 is 1.73 bits per heavy atom. The number of hydrogen-bond donors (Lipinski definition) is 0. The standard InChI is InChI=1S/C25H23N3O3S2/c1-27-23(29)19-16-20(17-8-4-2-5-9-17)32-22(19)26-25(27)33-21(18-10-6-3-7-11-18)24(30)28-12-14-31-15-13-28/h2-11,16,21H,12-15H2,1H3. The number of thioether (sulfide) groups is 1. The molecule has 168 valence electrons. The largest absolute Gasteiger partial charge is 0.378 e. The summed E-state index contributed by atoms with van der Waals surface area (Å²) < 4.78 is 6.97. The van der Waals surface area contributed by atoms with Crippen molar-refractivity contribution in [2.45, 2.75) is 10.4 Å². The van der Waals surface area contributed by atoms with Crippen molar-refractivity contribution in [3.05, 3.63) is 82.6 Å². The number of thiophene rings is 1. The van der Waals surface area contributed by atoms with Gasteiger partial charge in [0.1, 0.15) is 10.1 Å². The number of benzene rings is 2. The topological polar surface area (TPSA) is 64.4 Å². The first-order valence-corrected chi connectivity index (χ1v) is 12.5. The first-order valence-electron chi connectivity index (χ1n) is 10.8. The van der Waals surface area contributed by atoms with E-state index in [1.807, 2.05) is 71.6 Å².